The average Bonchev–Trinajstić information content (AvgIpc) is 1.85. The van der Waals surface area contributed by atoms with Crippen molar-refractivity contribution in [2.24, 2.45) is 0 Å². The van der Waals surface area contributed by atoms with Crippen LogP contribution in [0, 0.1) is 0 Å². The highest BCUT2D eigenvalue weighted by atomic mass is 32.2. The number of rotatable bonds is 5. The van der Waals surface area contributed by atoms with E-state index in [1.165, 1.54) is 12.2 Å². The van der Waals surface area contributed by atoms with E-state index >= 15 is 0 Å². The molecule has 0 aliphatic carbocycles. The molecule has 0 aliphatic heterocycles. The Balaban J connectivity index is 4.33. The largest absolute Gasteiger partial charge is 0.431 e. The molecule has 0 spiro atoms. The van der Waals surface area contributed by atoms with Crippen LogP contribution in [0.2, 0.25) is 0 Å². The summed E-state index contributed by atoms with van der Waals surface area (Å²) in [6.45, 7) is 7.07. The van der Waals surface area contributed by atoms with Crippen molar-refractivity contribution < 1.29 is 17.3 Å². The summed E-state index contributed by atoms with van der Waals surface area (Å²) in [5, 5.41) is 0. The predicted molar refractivity (Wildman–Crippen MR) is 42.6 cm³/mol. The van der Waals surface area contributed by atoms with Gasteiger partial charge in [-0.25, -0.2) is 4.55 Å². The smallest absolute Gasteiger partial charge is 0.241 e. The first-order chi connectivity index (χ1) is 5.02. The van der Waals surface area contributed by atoms with E-state index in [1.54, 1.807) is 0 Å². The summed E-state index contributed by atoms with van der Waals surface area (Å²) >= 11 is 0. The Kier molecular flexibility index (Phi) is 4.02. The fourth-order valence-electron chi connectivity index (χ4n) is 0.616. The van der Waals surface area contributed by atoms with Crippen molar-refractivity contribution in [3.63, 3.8) is 0 Å². The molecule has 0 aliphatic rings. The van der Waals surface area contributed by atoms with E-state index in [-0.39, 0.29) is 17.4 Å². The van der Waals surface area contributed by atoms with Crippen LogP contribution < -0.4 is 4.31 Å². The normalized spacial score (nSPS) is 11.5. The van der Waals surface area contributed by atoms with Crippen LogP contribution in [0.1, 0.15) is 0 Å². The molecule has 64 valence electrons. The van der Waals surface area contributed by atoms with E-state index in [4.69, 9.17) is 4.55 Å². The summed E-state index contributed by atoms with van der Waals surface area (Å²) < 4.78 is 29.7. The van der Waals surface area contributed by atoms with Crippen molar-refractivity contribution in [1.29, 1.82) is 0 Å². The van der Waals surface area contributed by atoms with Gasteiger partial charge in [-0.3, -0.25) is 0 Å². The van der Waals surface area contributed by atoms with Gasteiger partial charge in [0.25, 0.3) is 0 Å². The van der Waals surface area contributed by atoms with Crippen molar-refractivity contribution in [1.82, 2.24) is 0 Å². The van der Waals surface area contributed by atoms with Crippen LogP contribution in [0.15, 0.2) is 25.3 Å². The van der Waals surface area contributed by atoms with Gasteiger partial charge >= 0.3 is 10.3 Å². The van der Waals surface area contributed by atoms with Gasteiger partial charge in [-0.05, 0) is 12.2 Å². The molecule has 0 radical (unpaired) electrons. The Morgan fingerprint density at radius 1 is 1.27 bits per heavy atom. The fraction of sp³-hybridized carbons (Fsp3) is 0.333. The summed E-state index contributed by atoms with van der Waals surface area (Å²) in [7, 11) is -4.02. The van der Waals surface area contributed by atoms with E-state index < -0.39 is 10.3 Å². The van der Waals surface area contributed by atoms with Crippen LogP contribution in [0.5, 0.6) is 0 Å². The number of hydrogen-bond acceptors (Lipinski definition) is 2. The van der Waals surface area contributed by atoms with Gasteiger partial charge in [0.1, 0.15) is 13.1 Å². The van der Waals surface area contributed by atoms with Gasteiger partial charge in [0.2, 0.25) is 0 Å². The molecule has 4 nitrogen and oxygen atoms in total. The zero-order valence-corrected chi connectivity index (χ0v) is 6.97. The zero-order chi connectivity index (χ0) is 8.91. The summed E-state index contributed by atoms with van der Waals surface area (Å²) in [6, 6.07) is 0. The highest BCUT2D eigenvalue weighted by Gasteiger charge is 2.19. The molecule has 0 heterocycles. The lowest BCUT2D eigenvalue weighted by atomic mass is 10.5. The summed E-state index contributed by atoms with van der Waals surface area (Å²) in [5.41, 5.74) is 0. The Labute approximate surface area is 66.7 Å². The van der Waals surface area contributed by atoms with Gasteiger partial charge in [-0.15, -0.1) is 8.42 Å². The average molecular weight is 178 g/mol. The van der Waals surface area contributed by atoms with Crippen molar-refractivity contribution in [2.75, 3.05) is 13.1 Å². The molecular formula is C6H12NO3S+. The van der Waals surface area contributed by atoms with E-state index in [0.717, 1.165) is 0 Å². The third-order valence-electron chi connectivity index (χ3n) is 1.11. The quantitative estimate of drug-likeness (QED) is 0.421. The second kappa shape index (κ2) is 4.27. The van der Waals surface area contributed by atoms with Crippen molar-refractivity contribution >= 4 is 10.3 Å². The number of nitrogens with one attached hydrogen (secondary N) is 1. The van der Waals surface area contributed by atoms with Gasteiger partial charge in [0.15, 0.2) is 0 Å². The van der Waals surface area contributed by atoms with E-state index in [9.17, 15) is 8.42 Å². The summed E-state index contributed by atoms with van der Waals surface area (Å²) in [5.74, 6) is 0. The van der Waals surface area contributed by atoms with Gasteiger partial charge < -0.3 is 0 Å². The lowest BCUT2D eigenvalue weighted by Gasteiger charge is -2.09. The molecule has 0 saturated heterocycles. The van der Waals surface area contributed by atoms with E-state index in [0.29, 0.717) is 0 Å². The van der Waals surface area contributed by atoms with Crippen LogP contribution in [-0.2, 0) is 10.3 Å². The van der Waals surface area contributed by atoms with Gasteiger partial charge in [0, 0.05) is 0 Å². The minimum Gasteiger partial charge on any atom is -0.241 e. The Morgan fingerprint density at radius 3 is 1.82 bits per heavy atom. The maximum atomic E-state index is 10.5. The minimum absolute atomic E-state index is 0.0301. The highest BCUT2D eigenvalue weighted by molar-refractivity contribution is 7.79. The molecule has 0 aromatic heterocycles. The SMILES string of the molecule is C=CC[NH+](CC=C)S(=O)(=O)O. The van der Waals surface area contributed by atoms with Crippen LogP contribution in [0.3, 0.4) is 0 Å². The monoisotopic (exact) mass is 178 g/mol. The maximum absolute atomic E-state index is 10.5. The molecule has 0 saturated carbocycles. The van der Waals surface area contributed by atoms with E-state index in [1.807, 2.05) is 0 Å². The fourth-order valence-corrected chi connectivity index (χ4v) is 1.27. The standard InChI is InChI=1S/C6H11NO3S/c1-3-5-7(6-4-2)11(8,9)10/h3-4H,1-2,5-6H2,(H,8,9,10)/p+1. The van der Waals surface area contributed by atoms with Gasteiger partial charge in [-0.1, -0.05) is 13.2 Å². The topological polar surface area (TPSA) is 58.8 Å². The second-order valence-corrected chi connectivity index (χ2v) is 3.53. The molecule has 0 amide bonds. The number of hydrogen-bond donors (Lipinski definition) is 2. The Bertz CT molecular complexity index is 222. The molecular weight excluding hydrogens is 166 g/mol. The van der Waals surface area contributed by atoms with Crippen LogP contribution >= 0.6 is 0 Å². The third-order valence-corrected chi connectivity index (χ3v) is 2.17. The van der Waals surface area contributed by atoms with Crippen molar-refractivity contribution in [2.45, 2.75) is 0 Å². The first-order valence-corrected chi connectivity index (χ1v) is 4.50. The molecule has 5 heteroatoms. The highest BCUT2D eigenvalue weighted by Crippen LogP contribution is 1.66. The van der Waals surface area contributed by atoms with Crippen LogP contribution in [0.4, 0.5) is 0 Å². The summed E-state index contributed by atoms with van der Waals surface area (Å²) in [4.78, 5) is 0. The lowest BCUT2D eigenvalue weighted by molar-refractivity contribution is -0.757. The minimum atomic E-state index is -4.02. The molecule has 0 atom stereocenters. The number of quaternary nitrogens is 1. The Hall–Kier alpha value is -0.650. The summed E-state index contributed by atoms with van der Waals surface area (Å²) in [6.07, 6.45) is 2.85. The molecule has 0 rings (SSSR count). The first-order valence-electron chi connectivity index (χ1n) is 3.06. The molecule has 0 unspecified atom stereocenters. The van der Waals surface area contributed by atoms with E-state index in [2.05, 4.69) is 13.2 Å². The van der Waals surface area contributed by atoms with Crippen molar-refractivity contribution in [3.8, 4) is 0 Å². The molecule has 0 fully saturated rings. The maximum Gasteiger partial charge on any atom is 0.431 e. The lowest BCUT2D eigenvalue weighted by Crippen LogP contribution is -3.13. The van der Waals surface area contributed by atoms with Crippen LogP contribution in [-0.4, -0.2) is 26.1 Å². The Morgan fingerprint density at radius 2 is 1.64 bits per heavy atom. The predicted octanol–water partition coefficient (Wildman–Crippen LogP) is -0.954. The van der Waals surface area contributed by atoms with Crippen LogP contribution in [0.25, 0.3) is 0 Å². The van der Waals surface area contributed by atoms with Gasteiger partial charge in [-0.2, -0.15) is 4.31 Å². The molecule has 0 bridgehead atoms. The third kappa shape index (κ3) is 3.92. The van der Waals surface area contributed by atoms with Crippen molar-refractivity contribution in [3.05, 3.63) is 25.3 Å². The first kappa shape index (κ1) is 10.3. The zero-order valence-electron chi connectivity index (χ0n) is 6.16. The second-order valence-electron chi connectivity index (χ2n) is 2.00. The molecule has 2 N–H and O–H groups in total. The van der Waals surface area contributed by atoms with Gasteiger partial charge in [0.05, 0.1) is 0 Å². The molecule has 0 aromatic carbocycles. The molecule has 0 aromatic rings. The molecule has 11 heavy (non-hydrogen) atoms.